The van der Waals surface area contributed by atoms with E-state index < -0.39 is 11.8 Å². The van der Waals surface area contributed by atoms with Crippen LogP contribution in [-0.4, -0.2) is 17.7 Å². The van der Waals surface area contributed by atoms with Gasteiger partial charge in [0.25, 0.3) is 5.79 Å². The molecule has 0 radical (unpaired) electrons. The number of carbonyl (C=O) groups is 2. The minimum Gasteiger partial charge on any atom is -0.422 e. The molecule has 1 heterocycles. The molecule has 4 heteroatoms. The standard InChI is InChI=1S/C11H14O4/c1-7(2)9(12)14-11-5-3-4-8(6-11)10(13)15-11/h8H,1,3-6H2,2H3. The molecule has 2 rings (SSSR count). The van der Waals surface area contributed by atoms with Crippen LogP contribution in [0.3, 0.4) is 0 Å². The summed E-state index contributed by atoms with van der Waals surface area (Å²) in [7, 11) is 0. The Morgan fingerprint density at radius 2 is 2.40 bits per heavy atom. The van der Waals surface area contributed by atoms with Gasteiger partial charge in [0.2, 0.25) is 0 Å². The third-order valence-electron chi connectivity index (χ3n) is 2.91. The van der Waals surface area contributed by atoms with Crippen molar-refractivity contribution in [2.24, 2.45) is 5.92 Å². The summed E-state index contributed by atoms with van der Waals surface area (Å²) in [4.78, 5) is 22.8. The van der Waals surface area contributed by atoms with E-state index in [-0.39, 0.29) is 11.9 Å². The zero-order chi connectivity index (χ0) is 11.1. The van der Waals surface area contributed by atoms with Gasteiger partial charge in [-0.1, -0.05) is 6.58 Å². The van der Waals surface area contributed by atoms with Gasteiger partial charge in [-0.25, -0.2) is 4.79 Å². The molecular formula is C11H14O4. The fourth-order valence-corrected chi connectivity index (χ4v) is 2.13. The summed E-state index contributed by atoms with van der Waals surface area (Å²) in [5.41, 5.74) is 0.328. The SMILES string of the molecule is C=C(C)C(=O)OC12CCCC(C1)C(=O)O2. The summed E-state index contributed by atoms with van der Waals surface area (Å²) in [6.07, 6.45) is 2.81. The number of fused-ring (bicyclic) bond motifs is 2. The molecule has 1 saturated heterocycles. The fraction of sp³-hybridized carbons (Fsp3) is 0.636. The number of esters is 2. The Hall–Kier alpha value is -1.32. The molecule has 0 aromatic carbocycles. The van der Waals surface area contributed by atoms with Crippen LogP contribution in [0.1, 0.15) is 32.6 Å². The Balaban J connectivity index is 2.11. The van der Waals surface area contributed by atoms with Crippen LogP contribution in [0, 0.1) is 5.92 Å². The van der Waals surface area contributed by atoms with E-state index in [2.05, 4.69) is 6.58 Å². The quantitative estimate of drug-likeness (QED) is 0.512. The van der Waals surface area contributed by atoms with Crippen LogP contribution in [0.5, 0.6) is 0 Å². The molecule has 2 aliphatic rings. The molecule has 2 bridgehead atoms. The molecule has 4 nitrogen and oxygen atoms in total. The summed E-state index contributed by atoms with van der Waals surface area (Å²) in [6, 6.07) is 0. The van der Waals surface area contributed by atoms with E-state index in [9.17, 15) is 9.59 Å². The van der Waals surface area contributed by atoms with Crippen molar-refractivity contribution in [2.75, 3.05) is 0 Å². The Morgan fingerprint density at radius 3 is 3.07 bits per heavy atom. The monoisotopic (exact) mass is 210 g/mol. The van der Waals surface area contributed by atoms with Crippen molar-refractivity contribution in [3.05, 3.63) is 12.2 Å². The largest absolute Gasteiger partial charge is 0.422 e. The highest BCUT2D eigenvalue weighted by molar-refractivity contribution is 5.87. The first-order valence-corrected chi connectivity index (χ1v) is 5.14. The van der Waals surface area contributed by atoms with E-state index in [0.29, 0.717) is 18.4 Å². The fourth-order valence-electron chi connectivity index (χ4n) is 2.13. The van der Waals surface area contributed by atoms with Gasteiger partial charge in [-0.05, 0) is 19.8 Å². The molecule has 1 aliphatic carbocycles. The molecule has 1 aliphatic heterocycles. The second-order valence-electron chi connectivity index (χ2n) is 4.29. The van der Waals surface area contributed by atoms with Gasteiger partial charge in [-0.3, -0.25) is 4.79 Å². The van der Waals surface area contributed by atoms with Crippen molar-refractivity contribution < 1.29 is 19.1 Å². The number of carbonyl (C=O) groups excluding carboxylic acids is 2. The third-order valence-corrected chi connectivity index (χ3v) is 2.91. The van der Waals surface area contributed by atoms with Crippen LogP contribution in [0.25, 0.3) is 0 Å². The maximum atomic E-state index is 11.4. The molecule has 2 fully saturated rings. The van der Waals surface area contributed by atoms with Crippen LogP contribution in [0.2, 0.25) is 0 Å². The average Bonchev–Trinajstić information content (AvgIpc) is 2.37. The molecule has 0 aromatic rings. The third kappa shape index (κ3) is 1.76. The van der Waals surface area contributed by atoms with Gasteiger partial charge < -0.3 is 9.47 Å². The van der Waals surface area contributed by atoms with Crippen molar-refractivity contribution in [1.82, 2.24) is 0 Å². The molecule has 2 unspecified atom stereocenters. The van der Waals surface area contributed by atoms with Gasteiger partial charge in [0.1, 0.15) is 0 Å². The maximum Gasteiger partial charge on any atom is 0.336 e. The predicted octanol–water partition coefficient (Wildman–Crippen LogP) is 1.55. The van der Waals surface area contributed by atoms with E-state index in [1.807, 2.05) is 0 Å². The molecular weight excluding hydrogens is 196 g/mol. The minimum atomic E-state index is -0.990. The maximum absolute atomic E-state index is 11.4. The van der Waals surface area contributed by atoms with Crippen molar-refractivity contribution >= 4 is 11.9 Å². The molecule has 0 amide bonds. The van der Waals surface area contributed by atoms with Crippen molar-refractivity contribution in [1.29, 1.82) is 0 Å². The van der Waals surface area contributed by atoms with Crippen LogP contribution in [0.15, 0.2) is 12.2 Å². The molecule has 1 saturated carbocycles. The van der Waals surface area contributed by atoms with Gasteiger partial charge in [0.05, 0.1) is 5.92 Å². The van der Waals surface area contributed by atoms with Gasteiger partial charge in [0.15, 0.2) is 0 Å². The Morgan fingerprint density at radius 1 is 1.67 bits per heavy atom. The summed E-state index contributed by atoms with van der Waals surface area (Å²) in [5.74, 6) is -1.79. The first-order chi connectivity index (χ1) is 7.02. The van der Waals surface area contributed by atoms with E-state index >= 15 is 0 Å². The molecule has 2 atom stereocenters. The van der Waals surface area contributed by atoms with Crippen molar-refractivity contribution in [3.8, 4) is 0 Å². The van der Waals surface area contributed by atoms with Gasteiger partial charge >= 0.3 is 11.9 Å². The molecule has 0 N–H and O–H groups in total. The Kier molecular flexibility index (Phi) is 2.29. The second kappa shape index (κ2) is 3.36. The van der Waals surface area contributed by atoms with E-state index in [0.717, 1.165) is 12.8 Å². The van der Waals surface area contributed by atoms with E-state index in [1.165, 1.54) is 0 Å². The first kappa shape index (κ1) is 10.2. The zero-order valence-corrected chi connectivity index (χ0v) is 8.75. The number of rotatable bonds is 2. The predicted molar refractivity (Wildman–Crippen MR) is 51.7 cm³/mol. The molecule has 0 spiro atoms. The van der Waals surface area contributed by atoms with Crippen LogP contribution in [0.4, 0.5) is 0 Å². The van der Waals surface area contributed by atoms with Gasteiger partial charge in [0, 0.05) is 18.4 Å². The van der Waals surface area contributed by atoms with Crippen molar-refractivity contribution in [2.45, 2.75) is 38.4 Å². The van der Waals surface area contributed by atoms with E-state index in [1.54, 1.807) is 6.92 Å². The lowest BCUT2D eigenvalue weighted by Gasteiger charge is -2.29. The minimum absolute atomic E-state index is 0.0864. The lowest BCUT2D eigenvalue weighted by molar-refractivity contribution is -0.213. The van der Waals surface area contributed by atoms with Crippen LogP contribution >= 0.6 is 0 Å². The number of hydrogen-bond acceptors (Lipinski definition) is 4. The van der Waals surface area contributed by atoms with Gasteiger partial charge in [-0.15, -0.1) is 0 Å². The number of ether oxygens (including phenoxy) is 2. The summed E-state index contributed by atoms with van der Waals surface area (Å²) < 4.78 is 10.4. The number of hydrogen-bond donors (Lipinski definition) is 0. The lowest BCUT2D eigenvalue weighted by Crippen LogP contribution is -2.36. The summed E-state index contributed by atoms with van der Waals surface area (Å²) in [5, 5.41) is 0. The highest BCUT2D eigenvalue weighted by atomic mass is 16.7. The van der Waals surface area contributed by atoms with E-state index in [4.69, 9.17) is 9.47 Å². The highest BCUT2D eigenvalue weighted by Crippen LogP contribution is 2.43. The van der Waals surface area contributed by atoms with Crippen LogP contribution < -0.4 is 0 Å². The second-order valence-corrected chi connectivity index (χ2v) is 4.29. The smallest absolute Gasteiger partial charge is 0.336 e. The zero-order valence-electron chi connectivity index (χ0n) is 8.75. The lowest BCUT2D eigenvalue weighted by atomic mass is 9.88. The summed E-state index contributed by atoms with van der Waals surface area (Å²) >= 11 is 0. The molecule has 0 aromatic heterocycles. The van der Waals surface area contributed by atoms with Crippen molar-refractivity contribution in [3.63, 3.8) is 0 Å². The summed E-state index contributed by atoms with van der Waals surface area (Å²) in [6.45, 7) is 5.08. The molecule has 15 heavy (non-hydrogen) atoms. The van der Waals surface area contributed by atoms with Crippen LogP contribution in [-0.2, 0) is 19.1 Å². The first-order valence-electron chi connectivity index (χ1n) is 5.14. The van der Waals surface area contributed by atoms with Gasteiger partial charge in [-0.2, -0.15) is 0 Å². The Bertz CT molecular complexity index is 333. The average molecular weight is 210 g/mol. The molecule has 82 valence electrons. The highest BCUT2D eigenvalue weighted by Gasteiger charge is 2.52. The normalized spacial score (nSPS) is 33.4. The topological polar surface area (TPSA) is 52.6 Å². The Labute approximate surface area is 88.2 Å².